The van der Waals surface area contributed by atoms with E-state index in [1.165, 1.54) is 18.9 Å². The van der Waals surface area contributed by atoms with Gasteiger partial charge in [0, 0.05) is 19.2 Å². The van der Waals surface area contributed by atoms with Crippen molar-refractivity contribution in [2.45, 2.75) is 38.3 Å². The summed E-state index contributed by atoms with van der Waals surface area (Å²) >= 11 is 0. The average molecular weight is 252 g/mol. The first kappa shape index (κ1) is 13.3. The molecule has 2 rings (SSSR count). The van der Waals surface area contributed by atoms with Crippen LogP contribution in [0.5, 0.6) is 0 Å². The summed E-state index contributed by atoms with van der Waals surface area (Å²) in [5, 5.41) is 8.89. The highest BCUT2D eigenvalue weighted by Crippen LogP contribution is 2.24. The largest absolute Gasteiger partial charge is 0.396 e. The van der Waals surface area contributed by atoms with Crippen molar-refractivity contribution in [3.63, 3.8) is 0 Å². The number of aliphatic hydroxyl groups excluding tert-OH is 1. The van der Waals surface area contributed by atoms with Crippen molar-refractivity contribution < 1.29 is 9.50 Å². The molecule has 3 nitrogen and oxygen atoms in total. The Balaban J connectivity index is 1.96. The van der Waals surface area contributed by atoms with Crippen LogP contribution in [0.3, 0.4) is 0 Å². The molecule has 0 aromatic heterocycles. The van der Waals surface area contributed by atoms with Gasteiger partial charge in [-0.1, -0.05) is 6.07 Å². The average Bonchev–Trinajstić information content (AvgIpc) is 2.79. The fourth-order valence-electron chi connectivity index (χ4n) is 2.66. The Hall–Kier alpha value is -1.13. The standard InChI is InChI=1S/C14H21FN2O/c15-13-9-11(5-6-14(13)16)10-17-7-1-3-12(17)4-2-8-18/h5-6,9,12,18H,1-4,7-8,10,16H2. The molecule has 0 saturated carbocycles. The smallest absolute Gasteiger partial charge is 0.146 e. The summed E-state index contributed by atoms with van der Waals surface area (Å²) < 4.78 is 13.4. The topological polar surface area (TPSA) is 49.5 Å². The number of halogens is 1. The minimum absolute atomic E-state index is 0.206. The van der Waals surface area contributed by atoms with Gasteiger partial charge < -0.3 is 10.8 Å². The van der Waals surface area contributed by atoms with Crippen LogP contribution in [-0.2, 0) is 6.54 Å². The molecule has 100 valence electrons. The molecule has 0 aliphatic carbocycles. The van der Waals surface area contributed by atoms with Crippen LogP contribution in [0.1, 0.15) is 31.2 Å². The molecule has 1 aliphatic heterocycles. The lowest BCUT2D eigenvalue weighted by molar-refractivity contribution is 0.210. The molecule has 1 aliphatic rings. The third kappa shape index (κ3) is 3.21. The lowest BCUT2D eigenvalue weighted by Gasteiger charge is -2.24. The quantitative estimate of drug-likeness (QED) is 0.789. The lowest BCUT2D eigenvalue weighted by atomic mass is 10.1. The van der Waals surface area contributed by atoms with Crippen LogP contribution in [0.4, 0.5) is 10.1 Å². The zero-order chi connectivity index (χ0) is 13.0. The molecule has 1 atom stereocenters. The molecule has 0 bridgehead atoms. The second-order valence-electron chi connectivity index (χ2n) is 4.99. The van der Waals surface area contributed by atoms with E-state index < -0.39 is 0 Å². The normalized spacial score (nSPS) is 20.4. The summed E-state index contributed by atoms with van der Waals surface area (Å²) in [6.45, 7) is 2.08. The number of hydrogen-bond donors (Lipinski definition) is 2. The van der Waals surface area contributed by atoms with Gasteiger partial charge in [0.05, 0.1) is 5.69 Å². The van der Waals surface area contributed by atoms with Gasteiger partial charge in [0.1, 0.15) is 5.82 Å². The van der Waals surface area contributed by atoms with Gasteiger partial charge in [-0.05, 0) is 49.9 Å². The van der Waals surface area contributed by atoms with Crippen molar-refractivity contribution in [2.24, 2.45) is 0 Å². The molecule has 1 fully saturated rings. The molecule has 0 amide bonds. The number of aliphatic hydroxyl groups is 1. The number of benzene rings is 1. The second-order valence-corrected chi connectivity index (χ2v) is 4.99. The maximum atomic E-state index is 13.4. The number of rotatable bonds is 5. The van der Waals surface area contributed by atoms with Crippen molar-refractivity contribution in [2.75, 3.05) is 18.9 Å². The molecule has 1 aromatic rings. The van der Waals surface area contributed by atoms with E-state index >= 15 is 0 Å². The predicted octanol–water partition coefficient (Wildman–Crippen LogP) is 2.14. The lowest BCUT2D eigenvalue weighted by Crippen LogP contribution is -2.29. The van der Waals surface area contributed by atoms with Crippen molar-refractivity contribution in [3.8, 4) is 0 Å². The zero-order valence-electron chi connectivity index (χ0n) is 10.6. The van der Waals surface area contributed by atoms with Gasteiger partial charge >= 0.3 is 0 Å². The van der Waals surface area contributed by atoms with Crippen LogP contribution in [0.15, 0.2) is 18.2 Å². The third-order valence-corrected chi connectivity index (χ3v) is 3.65. The van der Waals surface area contributed by atoms with E-state index in [0.29, 0.717) is 6.04 Å². The fourth-order valence-corrected chi connectivity index (χ4v) is 2.66. The summed E-state index contributed by atoms with van der Waals surface area (Å²) in [4.78, 5) is 2.38. The van der Waals surface area contributed by atoms with E-state index in [0.717, 1.165) is 31.5 Å². The SMILES string of the molecule is Nc1ccc(CN2CCCC2CCCO)cc1F. The summed E-state index contributed by atoms with van der Waals surface area (Å²) in [5.41, 5.74) is 6.65. The summed E-state index contributed by atoms with van der Waals surface area (Å²) in [5.74, 6) is -0.335. The Bertz CT molecular complexity index is 397. The Kier molecular flexibility index (Phi) is 4.55. The van der Waals surface area contributed by atoms with Crippen LogP contribution in [0.25, 0.3) is 0 Å². The molecule has 0 spiro atoms. The van der Waals surface area contributed by atoms with Gasteiger partial charge in [-0.25, -0.2) is 4.39 Å². The summed E-state index contributed by atoms with van der Waals surface area (Å²) in [7, 11) is 0. The monoisotopic (exact) mass is 252 g/mol. The Labute approximate surface area is 107 Å². The number of nitrogens with zero attached hydrogens (tertiary/aromatic N) is 1. The van der Waals surface area contributed by atoms with Crippen molar-refractivity contribution in [3.05, 3.63) is 29.6 Å². The van der Waals surface area contributed by atoms with E-state index in [1.807, 2.05) is 6.07 Å². The molecule has 1 aromatic carbocycles. The van der Waals surface area contributed by atoms with Crippen LogP contribution < -0.4 is 5.73 Å². The number of nitrogens with two attached hydrogens (primary N) is 1. The minimum atomic E-state index is -0.335. The van der Waals surface area contributed by atoms with Crippen molar-refractivity contribution in [1.29, 1.82) is 0 Å². The first-order chi connectivity index (χ1) is 8.70. The molecule has 3 N–H and O–H groups in total. The summed E-state index contributed by atoms with van der Waals surface area (Å²) in [6.07, 6.45) is 4.23. The maximum absolute atomic E-state index is 13.4. The van der Waals surface area contributed by atoms with Crippen LogP contribution in [-0.4, -0.2) is 29.2 Å². The Morgan fingerprint density at radius 1 is 1.44 bits per heavy atom. The van der Waals surface area contributed by atoms with Crippen molar-refractivity contribution in [1.82, 2.24) is 4.90 Å². The van der Waals surface area contributed by atoms with Gasteiger partial charge in [-0.3, -0.25) is 4.90 Å². The van der Waals surface area contributed by atoms with Gasteiger partial charge in [0.15, 0.2) is 0 Å². The van der Waals surface area contributed by atoms with Crippen LogP contribution in [0.2, 0.25) is 0 Å². The van der Waals surface area contributed by atoms with Gasteiger partial charge in [0.2, 0.25) is 0 Å². The highest BCUT2D eigenvalue weighted by molar-refractivity contribution is 5.41. The second kappa shape index (κ2) is 6.16. The molecule has 1 heterocycles. The molecule has 0 radical (unpaired) electrons. The molecule has 4 heteroatoms. The molecule has 18 heavy (non-hydrogen) atoms. The van der Waals surface area contributed by atoms with E-state index in [9.17, 15) is 4.39 Å². The highest BCUT2D eigenvalue weighted by atomic mass is 19.1. The first-order valence-electron chi connectivity index (χ1n) is 6.59. The van der Waals surface area contributed by atoms with Gasteiger partial charge in [-0.2, -0.15) is 0 Å². The van der Waals surface area contributed by atoms with E-state index in [-0.39, 0.29) is 18.1 Å². The number of hydrogen-bond acceptors (Lipinski definition) is 3. The number of anilines is 1. The van der Waals surface area contributed by atoms with Crippen molar-refractivity contribution >= 4 is 5.69 Å². The summed E-state index contributed by atoms with van der Waals surface area (Å²) in [6, 6.07) is 5.57. The molecule has 1 unspecified atom stereocenters. The maximum Gasteiger partial charge on any atom is 0.146 e. The predicted molar refractivity (Wildman–Crippen MR) is 70.6 cm³/mol. The van der Waals surface area contributed by atoms with E-state index in [4.69, 9.17) is 10.8 Å². The van der Waals surface area contributed by atoms with Crippen LogP contribution in [0, 0.1) is 5.82 Å². The minimum Gasteiger partial charge on any atom is -0.396 e. The van der Waals surface area contributed by atoms with Gasteiger partial charge in [0.25, 0.3) is 0 Å². The van der Waals surface area contributed by atoms with Gasteiger partial charge in [-0.15, -0.1) is 0 Å². The number of likely N-dealkylation sites (tertiary alicyclic amines) is 1. The Morgan fingerprint density at radius 3 is 3.00 bits per heavy atom. The van der Waals surface area contributed by atoms with E-state index in [2.05, 4.69) is 4.90 Å². The zero-order valence-corrected chi connectivity index (χ0v) is 10.6. The van der Waals surface area contributed by atoms with Crippen LogP contribution >= 0.6 is 0 Å². The fraction of sp³-hybridized carbons (Fsp3) is 0.571. The Morgan fingerprint density at radius 2 is 2.28 bits per heavy atom. The molecule has 1 saturated heterocycles. The number of nitrogen functional groups attached to an aromatic ring is 1. The first-order valence-corrected chi connectivity index (χ1v) is 6.59. The molecular weight excluding hydrogens is 231 g/mol. The third-order valence-electron chi connectivity index (χ3n) is 3.65. The van der Waals surface area contributed by atoms with E-state index in [1.54, 1.807) is 6.07 Å². The molecular formula is C14H21FN2O. The highest BCUT2D eigenvalue weighted by Gasteiger charge is 2.23.